The maximum atomic E-state index is 10.2. The highest BCUT2D eigenvalue weighted by atomic mass is 35.5. The van der Waals surface area contributed by atoms with Crippen molar-refractivity contribution in [3.63, 3.8) is 0 Å². The number of aryl methyl sites for hydroxylation is 1. The SMILES string of the molecule is Cc1ccc(CC(O)C2CCNCC2)c(Cl)c1. The Kier molecular flexibility index (Phi) is 4.43. The monoisotopic (exact) mass is 253 g/mol. The van der Waals surface area contributed by atoms with Crippen molar-refractivity contribution in [1.82, 2.24) is 5.32 Å². The Morgan fingerprint density at radius 1 is 1.41 bits per heavy atom. The fourth-order valence-corrected chi connectivity index (χ4v) is 2.75. The minimum absolute atomic E-state index is 0.266. The van der Waals surface area contributed by atoms with Gasteiger partial charge in [-0.3, -0.25) is 0 Å². The molecule has 0 aliphatic carbocycles. The molecule has 0 radical (unpaired) electrons. The molecule has 1 saturated heterocycles. The largest absolute Gasteiger partial charge is 0.392 e. The van der Waals surface area contributed by atoms with Gasteiger partial charge in [-0.2, -0.15) is 0 Å². The van der Waals surface area contributed by atoms with E-state index < -0.39 is 0 Å². The van der Waals surface area contributed by atoms with E-state index in [1.165, 1.54) is 0 Å². The van der Waals surface area contributed by atoms with Crippen LogP contribution >= 0.6 is 11.6 Å². The average Bonchev–Trinajstić information content (AvgIpc) is 2.34. The van der Waals surface area contributed by atoms with Crippen molar-refractivity contribution in [2.24, 2.45) is 5.92 Å². The summed E-state index contributed by atoms with van der Waals surface area (Å²) >= 11 is 6.19. The number of piperidine rings is 1. The smallest absolute Gasteiger partial charge is 0.0610 e. The first-order valence-electron chi connectivity index (χ1n) is 6.30. The molecule has 1 heterocycles. The lowest BCUT2D eigenvalue weighted by atomic mass is 9.88. The summed E-state index contributed by atoms with van der Waals surface area (Å²) in [6, 6.07) is 6.05. The van der Waals surface area contributed by atoms with Crippen molar-refractivity contribution in [3.8, 4) is 0 Å². The van der Waals surface area contributed by atoms with Crippen LogP contribution in [-0.2, 0) is 6.42 Å². The molecule has 0 aromatic heterocycles. The van der Waals surface area contributed by atoms with E-state index in [2.05, 4.69) is 11.4 Å². The minimum Gasteiger partial charge on any atom is -0.392 e. The van der Waals surface area contributed by atoms with Crippen molar-refractivity contribution in [1.29, 1.82) is 0 Å². The van der Waals surface area contributed by atoms with Crippen LogP contribution < -0.4 is 5.32 Å². The highest BCUT2D eigenvalue weighted by Crippen LogP contribution is 2.24. The van der Waals surface area contributed by atoms with E-state index in [1.807, 2.05) is 19.1 Å². The number of hydrogen-bond acceptors (Lipinski definition) is 2. The number of aliphatic hydroxyl groups is 1. The van der Waals surface area contributed by atoms with Gasteiger partial charge in [-0.25, -0.2) is 0 Å². The van der Waals surface area contributed by atoms with Gasteiger partial charge in [0.25, 0.3) is 0 Å². The Hall–Kier alpha value is -0.570. The Morgan fingerprint density at radius 2 is 2.12 bits per heavy atom. The van der Waals surface area contributed by atoms with Gasteiger partial charge < -0.3 is 10.4 Å². The highest BCUT2D eigenvalue weighted by molar-refractivity contribution is 6.31. The zero-order valence-corrected chi connectivity index (χ0v) is 11.0. The van der Waals surface area contributed by atoms with Crippen LogP contribution in [0.15, 0.2) is 18.2 Å². The lowest BCUT2D eigenvalue weighted by Crippen LogP contribution is -2.35. The van der Waals surface area contributed by atoms with E-state index in [1.54, 1.807) is 0 Å². The zero-order chi connectivity index (χ0) is 12.3. The van der Waals surface area contributed by atoms with Crippen LogP contribution in [0.25, 0.3) is 0 Å². The van der Waals surface area contributed by atoms with Gasteiger partial charge in [0.2, 0.25) is 0 Å². The van der Waals surface area contributed by atoms with E-state index in [4.69, 9.17) is 11.6 Å². The molecule has 0 amide bonds. The molecule has 1 aliphatic rings. The second-order valence-electron chi connectivity index (χ2n) is 4.95. The number of rotatable bonds is 3. The first-order chi connectivity index (χ1) is 8.16. The van der Waals surface area contributed by atoms with Crippen LogP contribution in [0.1, 0.15) is 24.0 Å². The van der Waals surface area contributed by atoms with Gasteiger partial charge in [-0.05, 0) is 56.0 Å². The molecule has 1 fully saturated rings. The summed E-state index contributed by atoms with van der Waals surface area (Å²) in [7, 11) is 0. The topological polar surface area (TPSA) is 32.3 Å². The third-order valence-electron chi connectivity index (χ3n) is 3.57. The fraction of sp³-hybridized carbons (Fsp3) is 0.571. The van der Waals surface area contributed by atoms with Gasteiger partial charge in [0, 0.05) is 11.4 Å². The summed E-state index contributed by atoms with van der Waals surface area (Å²) < 4.78 is 0. The van der Waals surface area contributed by atoms with E-state index >= 15 is 0 Å². The molecule has 3 heteroatoms. The number of halogens is 1. The first-order valence-corrected chi connectivity index (χ1v) is 6.68. The second kappa shape index (κ2) is 5.85. The van der Waals surface area contributed by atoms with Crippen LogP contribution in [0.2, 0.25) is 5.02 Å². The first kappa shape index (κ1) is 12.9. The van der Waals surface area contributed by atoms with E-state index in [9.17, 15) is 5.11 Å². The number of nitrogens with one attached hydrogen (secondary N) is 1. The zero-order valence-electron chi connectivity index (χ0n) is 10.2. The molecule has 1 aromatic carbocycles. The van der Waals surface area contributed by atoms with Gasteiger partial charge in [0.05, 0.1) is 6.10 Å². The van der Waals surface area contributed by atoms with Crippen molar-refractivity contribution in [2.45, 2.75) is 32.3 Å². The molecule has 1 unspecified atom stereocenters. The Labute approximate surface area is 108 Å². The van der Waals surface area contributed by atoms with Crippen LogP contribution in [0, 0.1) is 12.8 Å². The average molecular weight is 254 g/mol. The Balaban J connectivity index is 1.99. The molecule has 2 nitrogen and oxygen atoms in total. The molecule has 0 bridgehead atoms. The van der Waals surface area contributed by atoms with Gasteiger partial charge in [-0.1, -0.05) is 23.7 Å². The van der Waals surface area contributed by atoms with Crippen LogP contribution in [0.5, 0.6) is 0 Å². The second-order valence-corrected chi connectivity index (χ2v) is 5.36. The molecule has 94 valence electrons. The van der Waals surface area contributed by atoms with Crippen LogP contribution in [-0.4, -0.2) is 24.3 Å². The minimum atomic E-state index is -0.266. The van der Waals surface area contributed by atoms with Crippen LogP contribution in [0.3, 0.4) is 0 Å². The van der Waals surface area contributed by atoms with Crippen molar-refractivity contribution in [2.75, 3.05) is 13.1 Å². The molecule has 1 aliphatic heterocycles. The lowest BCUT2D eigenvalue weighted by molar-refractivity contribution is 0.0891. The molecule has 1 aromatic rings. The molecule has 2 rings (SSSR count). The van der Waals surface area contributed by atoms with Gasteiger partial charge in [-0.15, -0.1) is 0 Å². The third kappa shape index (κ3) is 3.44. The summed E-state index contributed by atoms with van der Waals surface area (Å²) in [5.41, 5.74) is 2.22. The lowest BCUT2D eigenvalue weighted by Gasteiger charge is -2.27. The standard InChI is InChI=1S/C14H20ClNO/c1-10-2-3-12(13(15)8-10)9-14(17)11-4-6-16-7-5-11/h2-3,8,11,14,16-17H,4-7,9H2,1H3. The van der Waals surface area contributed by atoms with Crippen molar-refractivity contribution >= 4 is 11.6 Å². The fourth-order valence-electron chi connectivity index (χ4n) is 2.44. The van der Waals surface area contributed by atoms with Crippen molar-refractivity contribution in [3.05, 3.63) is 34.3 Å². The van der Waals surface area contributed by atoms with Crippen molar-refractivity contribution < 1.29 is 5.11 Å². The number of aliphatic hydroxyl groups excluding tert-OH is 1. The molecule has 2 N–H and O–H groups in total. The summed E-state index contributed by atoms with van der Waals surface area (Å²) in [5.74, 6) is 0.411. The Morgan fingerprint density at radius 3 is 2.76 bits per heavy atom. The van der Waals surface area contributed by atoms with E-state index in [0.29, 0.717) is 12.3 Å². The van der Waals surface area contributed by atoms with Gasteiger partial charge in [0.15, 0.2) is 0 Å². The molecular formula is C14H20ClNO. The molecule has 1 atom stereocenters. The number of benzene rings is 1. The third-order valence-corrected chi connectivity index (χ3v) is 3.92. The van der Waals surface area contributed by atoms with Crippen LogP contribution in [0.4, 0.5) is 0 Å². The van der Waals surface area contributed by atoms with Gasteiger partial charge >= 0.3 is 0 Å². The summed E-state index contributed by atoms with van der Waals surface area (Å²) in [6.45, 7) is 4.06. The van der Waals surface area contributed by atoms with E-state index in [0.717, 1.165) is 42.1 Å². The molecule has 0 saturated carbocycles. The number of hydrogen-bond donors (Lipinski definition) is 2. The quantitative estimate of drug-likeness (QED) is 0.868. The molecule has 0 spiro atoms. The molecule has 17 heavy (non-hydrogen) atoms. The van der Waals surface area contributed by atoms with E-state index in [-0.39, 0.29) is 6.10 Å². The van der Waals surface area contributed by atoms with Gasteiger partial charge in [0.1, 0.15) is 0 Å². The maximum absolute atomic E-state index is 10.2. The summed E-state index contributed by atoms with van der Waals surface area (Å²) in [4.78, 5) is 0. The maximum Gasteiger partial charge on any atom is 0.0610 e. The Bertz CT molecular complexity index is 374. The predicted octanol–water partition coefficient (Wildman–Crippen LogP) is 2.55. The predicted molar refractivity (Wildman–Crippen MR) is 71.5 cm³/mol. The summed E-state index contributed by atoms with van der Waals surface area (Å²) in [5, 5.41) is 14.3. The normalized spacial score (nSPS) is 19.2. The highest BCUT2D eigenvalue weighted by Gasteiger charge is 2.22. The molecular weight excluding hydrogens is 234 g/mol. The summed E-state index contributed by atoms with van der Waals surface area (Å²) in [6.07, 6.45) is 2.52.